The van der Waals surface area contributed by atoms with Crippen molar-refractivity contribution in [2.45, 2.75) is 51.6 Å². The highest BCUT2D eigenvalue weighted by Gasteiger charge is 2.35. The standard InChI is InChI=1S/C11H17F2NO2/c1-7(8(2)15)10(14)16-9-3-5-11(12,13)6-4-9/h9H,3-6,14H2,1-2H3/b10-7+. The Hall–Kier alpha value is -1.13. The first-order valence-electron chi connectivity index (χ1n) is 5.33. The van der Waals surface area contributed by atoms with E-state index in [-0.39, 0.29) is 43.5 Å². The van der Waals surface area contributed by atoms with E-state index >= 15 is 0 Å². The van der Waals surface area contributed by atoms with Crippen molar-refractivity contribution < 1.29 is 18.3 Å². The number of allylic oxidation sites excluding steroid dienone is 1. The molecule has 0 aliphatic heterocycles. The first-order valence-corrected chi connectivity index (χ1v) is 5.33. The summed E-state index contributed by atoms with van der Waals surface area (Å²) in [5, 5.41) is 0. The van der Waals surface area contributed by atoms with Crippen molar-refractivity contribution in [1.82, 2.24) is 0 Å². The number of ketones is 1. The lowest BCUT2D eigenvalue weighted by molar-refractivity contribution is -0.114. The van der Waals surface area contributed by atoms with E-state index in [0.717, 1.165) is 0 Å². The molecule has 0 spiro atoms. The highest BCUT2D eigenvalue weighted by Crippen LogP contribution is 2.34. The monoisotopic (exact) mass is 233 g/mol. The molecule has 0 heterocycles. The zero-order chi connectivity index (χ0) is 12.3. The van der Waals surface area contributed by atoms with Crippen LogP contribution in [0.1, 0.15) is 39.5 Å². The number of carbonyl (C=O) groups is 1. The molecule has 0 amide bonds. The maximum atomic E-state index is 12.8. The Morgan fingerprint density at radius 3 is 2.25 bits per heavy atom. The highest BCUT2D eigenvalue weighted by atomic mass is 19.3. The van der Waals surface area contributed by atoms with Gasteiger partial charge in [-0.1, -0.05) is 0 Å². The summed E-state index contributed by atoms with van der Waals surface area (Å²) in [6.45, 7) is 2.95. The third kappa shape index (κ3) is 3.47. The van der Waals surface area contributed by atoms with Gasteiger partial charge >= 0.3 is 0 Å². The van der Waals surface area contributed by atoms with Gasteiger partial charge in [-0.2, -0.15) is 0 Å². The van der Waals surface area contributed by atoms with E-state index < -0.39 is 5.92 Å². The molecule has 1 aliphatic carbocycles. The molecule has 1 rings (SSSR count). The van der Waals surface area contributed by atoms with Gasteiger partial charge in [0.05, 0.1) is 5.57 Å². The Bertz CT molecular complexity index is 303. The van der Waals surface area contributed by atoms with Gasteiger partial charge in [-0.05, 0) is 26.7 Å². The predicted octanol–water partition coefficient (Wildman–Crippen LogP) is 2.36. The summed E-state index contributed by atoms with van der Waals surface area (Å²) in [4.78, 5) is 11.0. The number of hydrogen-bond acceptors (Lipinski definition) is 3. The van der Waals surface area contributed by atoms with E-state index in [1.54, 1.807) is 6.92 Å². The number of hydrogen-bond donors (Lipinski definition) is 1. The van der Waals surface area contributed by atoms with Crippen molar-refractivity contribution in [3.8, 4) is 0 Å². The van der Waals surface area contributed by atoms with E-state index in [4.69, 9.17) is 10.5 Å². The van der Waals surface area contributed by atoms with Crippen LogP contribution in [0.4, 0.5) is 8.78 Å². The topological polar surface area (TPSA) is 52.3 Å². The van der Waals surface area contributed by atoms with E-state index in [0.29, 0.717) is 5.57 Å². The van der Waals surface area contributed by atoms with E-state index in [2.05, 4.69) is 0 Å². The minimum absolute atomic E-state index is 0.0581. The van der Waals surface area contributed by atoms with Gasteiger partial charge in [-0.3, -0.25) is 4.79 Å². The number of nitrogens with two attached hydrogens (primary N) is 1. The van der Waals surface area contributed by atoms with Gasteiger partial charge in [0.1, 0.15) is 6.10 Å². The van der Waals surface area contributed by atoms with Crippen molar-refractivity contribution >= 4 is 5.78 Å². The largest absolute Gasteiger partial charge is 0.476 e. The van der Waals surface area contributed by atoms with Crippen molar-refractivity contribution in [2.24, 2.45) is 5.73 Å². The van der Waals surface area contributed by atoms with Gasteiger partial charge in [-0.15, -0.1) is 0 Å². The second kappa shape index (κ2) is 4.80. The van der Waals surface area contributed by atoms with Crippen molar-refractivity contribution in [3.05, 3.63) is 11.5 Å². The summed E-state index contributed by atoms with van der Waals surface area (Å²) >= 11 is 0. The molecule has 0 radical (unpaired) electrons. The SMILES string of the molecule is CC(=O)/C(C)=C(\N)OC1CCC(F)(F)CC1. The summed E-state index contributed by atoms with van der Waals surface area (Å²) in [7, 11) is 0. The normalized spacial score (nSPS) is 22.5. The van der Waals surface area contributed by atoms with E-state index in [9.17, 15) is 13.6 Å². The summed E-state index contributed by atoms with van der Waals surface area (Å²) in [6, 6.07) is 0. The minimum atomic E-state index is -2.58. The van der Waals surface area contributed by atoms with Crippen molar-refractivity contribution in [1.29, 1.82) is 0 Å². The number of Topliss-reactive ketones (excluding diaryl/α,β-unsaturated/α-hetero) is 1. The van der Waals surface area contributed by atoms with E-state index in [1.807, 2.05) is 0 Å². The molecule has 3 nitrogen and oxygen atoms in total. The molecule has 1 saturated carbocycles. The van der Waals surface area contributed by atoms with Gasteiger partial charge in [-0.25, -0.2) is 8.78 Å². The average Bonchev–Trinajstić information content (AvgIpc) is 2.19. The molecule has 0 bridgehead atoms. The third-order valence-electron chi connectivity index (χ3n) is 2.86. The Labute approximate surface area is 93.6 Å². The highest BCUT2D eigenvalue weighted by molar-refractivity contribution is 5.92. The molecule has 5 heteroatoms. The fourth-order valence-corrected chi connectivity index (χ4v) is 1.57. The number of carbonyl (C=O) groups excluding carboxylic acids is 1. The van der Waals surface area contributed by atoms with E-state index in [1.165, 1.54) is 6.92 Å². The molecule has 16 heavy (non-hydrogen) atoms. The Morgan fingerprint density at radius 1 is 1.31 bits per heavy atom. The number of ether oxygens (including phenoxy) is 1. The van der Waals surface area contributed by atoms with Crippen LogP contribution in [0.15, 0.2) is 11.5 Å². The van der Waals surface area contributed by atoms with Crippen LogP contribution in [0, 0.1) is 0 Å². The molecule has 1 fully saturated rings. The Balaban J connectivity index is 2.51. The maximum Gasteiger partial charge on any atom is 0.248 e. The van der Waals surface area contributed by atoms with Gasteiger partial charge in [0.25, 0.3) is 0 Å². The van der Waals surface area contributed by atoms with Gasteiger partial charge < -0.3 is 10.5 Å². The van der Waals surface area contributed by atoms with Crippen LogP contribution in [0.2, 0.25) is 0 Å². The quantitative estimate of drug-likeness (QED) is 0.601. The summed E-state index contributed by atoms with van der Waals surface area (Å²) in [5.41, 5.74) is 5.91. The molecular formula is C11H17F2NO2. The van der Waals surface area contributed by atoms with Crippen LogP contribution < -0.4 is 5.73 Å². The van der Waals surface area contributed by atoms with Crippen molar-refractivity contribution in [2.75, 3.05) is 0 Å². The molecule has 2 N–H and O–H groups in total. The summed E-state index contributed by atoms with van der Waals surface area (Å²) < 4.78 is 31.0. The minimum Gasteiger partial charge on any atom is -0.476 e. The third-order valence-corrected chi connectivity index (χ3v) is 2.86. The number of halogens is 2. The van der Waals surface area contributed by atoms with Crippen molar-refractivity contribution in [3.63, 3.8) is 0 Å². The van der Waals surface area contributed by atoms with Gasteiger partial charge in [0.15, 0.2) is 11.7 Å². The fourth-order valence-electron chi connectivity index (χ4n) is 1.57. The lowest BCUT2D eigenvalue weighted by Crippen LogP contribution is -2.30. The molecule has 1 aliphatic rings. The van der Waals surface area contributed by atoms with Crippen LogP contribution in [0.3, 0.4) is 0 Å². The Kier molecular flexibility index (Phi) is 3.88. The van der Waals surface area contributed by atoms with Gasteiger partial charge in [0.2, 0.25) is 5.92 Å². The molecule has 0 unspecified atom stereocenters. The van der Waals surface area contributed by atoms with Crippen LogP contribution in [0.25, 0.3) is 0 Å². The number of rotatable bonds is 3. The zero-order valence-corrected chi connectivity index (χ0v) is 9.56. The summed E-state index contributed by atoms with van der Waals surface area (Å²) in [5.74, 6) is -2.69. The van der Waals surface area contributed by atoms with Crippen LogP contribution in [-0.4, -0.2) is 17.8 Å². The zero-order valence-electron chi connectivity index (χ0n) is 9.56. The average molecular weight is 233 g/mol. The first kappa shape index (κ1) is 12.9. The molecule has 92 valence electrons. The first-order chi connectivity index (χ1) is 7.32. The summed E-state index contributed by atoms with van der Waals surface area (Å²) in [6.07, 6.45) is -0.0970. The Morgan fingerprint density at radius 2 is 1.81 bits per heavy atom. The molecule has 0 aromatic heterocycles. The van der Waals surface area contributed by atoms with Gasteiger partial charge in [0, 0.05) is 12.8 Å². The maximum absolute atomic E-state index is 12.8. The lowest BCUT2D eigenvalue weighted by Gasteiger charge is -2.28. The number of alkyl halides is 2. The molecule has 0 saturated heterocycles. The molecule has 0 aromatic rings. The second-order valence-corrected chi connectivity index (χ2v) is 4.22. The van der Waals surface area contributed by atoms with Crippen LogP contribution in [-0.2, 0) is 9.53 Å². The molecule has 0 aromatic carbocycles. The van der Waals surface area contributed by atoms with Crippen LogP contribution >= 0.6 is 0 Å². The predicted molar refractivity (Wildman–Crippen MR) is 55.9 cm³/mol. The fraction of sp³-hybridized carbons (Fsp3) is 0.727. The second-order valence-electron chi connectivity index (χ2n) is 4.22. The molecular weight excluding hydrogens is 216 g/mol. The lowest BCUT2D eigenvalue weighted by atomic mass is 9.94. The molecule has 0 atom stereocenters. The smallest absolute Gasteiger partial charge is 0.248 e. The van der Waals surface area contributed by atoms with Crippen LogP contribution in [0.5, 0.6) is 0 Å².